The molecule has 4 rings (SSSR count). The maximum absolute atomic E-state index is 14.1. The van der Waals surface area contributed by atoms with Gasteiger partial charge in [-0.2, -0.15) is 13.2 Å². The van der Waals surface area contributed by atoms with E-state index in [-0.39, 0.29) is 30.1 Å². The van der Waals surface area contributed by atoms with Crippen LogP contribution >= 0.6 is 11.3 Å². The Hall–Kier alpha value is -3.12. The highest BCUT2D eigenvalue weighted by Gasteiger charge is 2.37. The Bertz CT molecular complexity index is 1310. The molecule has 1 aliphatic heterocycles. The first-order valence-electron chi connectivity index (χ1n) is 12.6. The fourth-order valence-electron chi connectivity index (χ4n) is 4.75. The monoisotopic (exact) mass is 550 g/mol. The lowest BCUT2D eigenvalue weighted by Crippen LogP contribution is -2.38. The molecule has 38 heavy (non-hydrogen) atoms. The third-order valence-corrected chi connectivity index (χ3v) is 7.46. The molecule has 206 valence electrons. The molecular formula is C26H33F3N6O2S. The van der Waals surface area contributed by atoms with Gasteiger partial charge in [0.25, 0.3) is 5.56 Å². The summed E-state index contributed by atoms with van der Waals surface area (Å²) < 4.78 is 49.7. The molecule has 0 bridgehead atoms. The minimum atomic E-state index is -4.62. The predicted molar refractivity (Wildman–Crippen MR) is 145 cm³/mol. The van der Waals surface area contributed by atoms with Crippen molar-refractivity contribution in [1.82, 2.24) is 14.5 Å². The van der Waals surface area contributed by atoms with Crippen LogP contribution in [0.2, 0.25) is 0 Å². The van der Waals surface area contributed by atoms with Crippen LogP contribution in [0.4, 0.5) is 29.7 Å². The van der Waals surface area contributed by atoms with Gasteiger partial charge >= 0.3 is 6.18 Å². The average Bonchev–Trinajstić information content (AvgIpc) is 3.55. The number of thiazole rings is 1. The zero-order chi connectivity index (χ0) is 27.6. The van der Waals surface area contributed by atoms with Crippen molar-refractivity contribution in [3.8, 4) is 11.4 Å². The SMILES string of the molecule is CCO[C@H]1CN(c2nccs2)CC1Nc1c(CC)nc(-c2ccc(N(C)C)cc2C(F)(F)F)n(CC)c1=O. The number of alkyl halides is 3. The Kier molecular flexibility index (Phi) is 8.31. The van der Waals surface area contributed by atoms with Gasteiger partial charge in [-0.3, -0.25) is 9.36 Å². The standard InChI is InChI=1S/C26H33F3N6O2S/c1-6-19-22(31-20-14-34(15-21(20)37-8-3)25-30-11-12-38-25)24(36)35(7-2)23(32-19)17-10-9-16(33(4)5)13-18(17)26(27,28)29/h9-13,20-21,31H,6-8,14-15H2,1-5H3/t20?,21-/m0/s1. The lowest BCUT2D eigenvalue weighted by atomic mass is 10.0. The van der Waals surface area contributed by atoms with E-state index in [4.69, 9.17) is 4.74 Å². The number of hydrogen-bond acceptors (Lipinski definition) is 8. The first kappa shape index (κ1) is 27.9. The van der Waals surface area contributed by atoms with Crippen molar-refractivity contribution in [3.05, 3.63) is 51.4 Å². The van der Waals surface area contributed by atoms with E-state index in [9.17, 15) is 18.0 Å². The number of anilines is 3. The van der Waals surface area contributed by atoms with E-state index < -0.39 is 17.3 Å². The zero-order valence-corrected chi connectivity index (χ0v) is 23.0. The predicted octanol–water partition coefficient (Wildman–Crippen LogP) is 4.74. The molecular weight excluding hydrogens is 517 g/mol. The number of rotatable bonds is 9. The van der Waals surface area contributed by atoms with Crippen molar-refractivity contribution in [2.24, 2.45) is 0 Å². The summed E-state index contributed by atoms with van der Waals surface area (Å²) in [4.78, 5) is 26.5. The summed E-state index contributed by atoms with van der Waals surface area (Å²) in [7, 11) is 3.36. The van der Waals surface area contributed by atoms with E-state index in [2.05, 4.69) is 20.2 Å². The van der Waals surface area contributed by atoms with Crippen LogP contribution in [0.25, 0.3) is 11.4 Å². The van der Waals surface area contributed by atoms with Gasteiger partial charge in [0.2, 0.25) is 0 Å². The molecule has 0 saturated carbocycles. The summed E-state index contributed by atoms with van der Waals surface area (Å²) in [5.41, 5.74) is -0.219. The van der Waals surface area contributed by atoms with Crippen LogP contribution in [0.15, 0.2) is 34.6 Å². The normalized spacial score (nSPS) is 17.7. The summed E-state index contributed by atoms with van der Waals surface area (Å²) in [6.45, 7) is 7.34. The fourth-order valence-corrected chi connectivity index (χ4v) is 5.41. The molecule has 12 heteroatoms. The van der Waals surface area contributed by atoms with Crippen molar-refractivity contribution in [3.63, 3.8) is 0 Å². The molecule has 1 unspecified atom stereocenters. The molecule has 1 aliphatic rings. The van der Waals surface area contributed by atoms with E-state index >= 15 is 0 Å². The minimum Gasteiger partial charge on any atom is -0.378 e. The van der Waals surface area contributed by atoms with E-state index in [0.717, 1.165) is 11.2 Å². The van der Waals surface area contributed by atoms with Crippen LogP contribution in [0, 0.1) is 0 Å². The van der Waals surface area contributed by atoms with Gasteiger partial charge in [0, 0.05) is 63.2 Å². The third-order valence-electron chi connectivity index (χ3n) is 6.63. The number of halogens is 3. The second-order valence-electron chi connectivity index (χ2n) is 9.25. The largest absolute Gasteiger partial charge is 0.417 e. The van der Waals surface area contributed by atoms with Crippen molar-refractivity contribution in [2.75, 3.05) is 48.9 Å². The summed E-state index contributed by atoms with van der Waals surface area (Å²) >= 11 is 1.53. The van der Waals surface area contributed by atoms with E-state index in [1.54, 1.807) is 38.2 Å². The zero-order valence-electron chi connectivity index (χ0n) is 22.2. The number of hydrogen-bond donors (Lipinski definition) is 1. The Morgan fingerprint density at radius 2 is 1.97 bits per heavy atom. The molecule has 3 aromatic rings. The Labute approximate surface area is 224 Å². The molecule has 2 atom stereocenters. The van der Waals surface area contributed by atoms with Crippen molar-refractivity contribution >= 4 is 27.8 Å². The minimum absolute atomic E-state index is 0.00900. The average molecular weight is 551 g/mol. The van der Waals surface area contributed by atoms with Crippen molar-refractivity contribution in [2.45, 2.75) is 52.1 Å². The van der Waals surface area contributed by atoms with Crippen LogP contribution in [-0.4, -0.2) is 60.5 Å². The molecule has 0 amide bonds. The Morgan fingerprint density at radius 1 is 1.21 bits per heavy atom. The highest BCUT2D eigenvalue weighted by molar-refractivity contribution is 7.13. The van der Waals surface area contributed by atoms with Crippen LogP contribution in [0.3, 0.4) is 0 Å². The van der Waals surface area contributed by atoms with Crippen LogP contribution in [0.1, 0.15) is 32.0 Å². The highest BCUT2D eigenvalue weighted by atomic mass is 32.1. The van der Waals surface area contributed by atoms with E-state index in [1.807, 2.05) is 19.2 Å². The van der Waals surface area contributed by atoms with Crippen molar-refractivity contribution < 1.29 is 17.9 Å². The second-order valence-corrected chi connectivity index (χ2v) is 10.1. The summed E-state index contributed by atoms with van der Waals surface area (Å²) in [5, 5.41) is 6.14. The Morgan fingerprint density at radius 3 is 2.55 bits per heavy atom. The molecule has 1 saturated heterocycles. The molecule has 1 fully saturated rings. The van der Waals surface area contributed by atoms with Gasteiger partial charge in [-0.15, -0.1) is 11.3 Å². The highest BCUT2D eigenvalue weighted by Crippen LogP contribution is 2.39. The van der Waals surface area contributed by atoms with Gasteiger partial charge < -0.3 is 19.9 Å². The van der Waals surface area contributed by atoms with Gasteiger partial charge in [-0.25, -0.2) is 9.97 Å². The maximum Gasteiger partial charge on any atom is 0.417 e. The van der Waals surface area contributed by atoms with Gasteiger partial charge in [-0.1, -0.05) is 6.92 Å². The first-order chi connectivity index (χ1) is 18.1. The van der Waals surface area contributed by atoms with Gasteiger partial charge in [0.1, 0.15) is 11.5 Å². The molecule has 3 heterocycles. The lowest BCUT2D eigenvalue weighted by molar-refractivity contribution is -0.137. The molecule has 0 spiro atoms. The molecule has 0 aliphatic carbocycles. The topological polar surface area (TPSA) is 75.5 Å². The summed E-state index contributed by atoms with van der Waals surface area (Å²) in [6.07, 6.45) is -2.70. The van der Waals surface area contributed by atoms with Crippen LogP contribution in [0.5, 0.6) is 0 Å². The smallest absolute Gasteiger partial charge is 0.378 e. The summed E-state index contributed by atoms with van der Waals surface area (Å²) in [6, 6.07) is 3.87. The van der Waals surface area contributed by atoms with Crippen molar-refractivity contribution in [1.29, 1.82) is 0 Å². The van der Waals surface area contributed by atoms with Gasteiger partial charge in [-0.05, 0) is 38.5 Å². The Balaban J connectivity index is 1.78. The van der Waals surface area contributed by atoms with Gasteiger partial charge in [0.05, 0.1) is 23.4 Å². The number of aromatic nitrogens is 3. The van der Waals surface area contributed by atoms with Crippen LogP contribution in [-0.2, 0) is 23.9 Å². The number of ether oxygens (including phenoxy) is 1. The number of aryl methyl sites for hydroxylation is 1. The molecule has 0 radical (unpaired) electrons. The second kappa shape index (κ2) is 11.3. The number of benzene rings is 1. The lowest BCUT2D eigenvalue weighted by Gasteiger charge is -2.24. The molecule has 8 nitrogen and oxygen atoms in total. The van der Waals surface area contributed by atoms with E-state index in [0.29, 0.717) is 43.2 Å². The maximum atomic E-state index is 14.1. The molecule has 1 aromatic carbocycles. The quantitative estimate of drug-likeness (QED) is 0.413. The fraction of sp³-hybridized carbons (Fsp3) is 0.500. The molecule has 2 aromatic heterocycles. The third kappa shape index (κ3) is 5.51. The van der Waals surface area contributed by atoms with Crippen LogP contribution < -0.4 is 20.7 Å². The van der Waals surface area contributed by atoms with E-state index in [1.165, 1.54) is 22.0 Å². The number of nitrogens with zero attached hydrogens (tertiary/aromatic N) is 5. The summed E-state index contributed by atoms with van der Waals surface area (Å²) in [5.74, 6) is 0.00900. The first-order valence-corrected chi connectivity index (χ1v) is 13.5. The molecule has 1 N–H and O–H groups in total. The van der Waals surface area contributed by atoms with Gasteiger partial charge in [0.15, 0.2) is 5.13 Å². The number of nitrogens with one attached hydrogen (secondary N) is 1.